The first-order valence-corrected chi connectivity index (χ1v) is 9.94. The van der Waals surface area contributed by atoms with E-state index >= 15 is 0 Å². The number of nitrogens with zero attached hydrogens (tertiary/aromatic N) is 1. The Kier molecular flexibility index (Phi) is 8.98. The zero-order valence-corrected chi connectivity index (χ0v) is 15.8. The smallest absolute Gasteiger partial charge is 0.220 e. The topological polar surface area (TPSA) is 58.4 Å². The van der Waals surface area contributed by atoms with Crippen LogP contribution in [0.5, 0.6) is 0 Å². The molecule has 0 bridgehead atoms. The molecule has 0 radical (unpaired) electrons. The quantitative estimate of drug-likeness (QED) is 0.639. The van der Waals surface area contributed by atoms with Gasteiger partial charge in [0, 0.05) is 19.5 Å². The first kappa shape index (κ1) is 19.9. The second-order valence-electron chi connectivity index (χ2n) is 7.51. The van der Waals surface area contributed by atoms with Crippen LogP contribution in [0.4, 0.5) is 0 Å². The van der Waals surface area contributed by atoms with E-state index < -0.39 is 0 Å². The van der Waals surface area contributed by atoms with E-state index in [1.807, 2.05) is 0 Å². The van der Waals surface area contributed by atoms with Crippen molar-refractivity contribution in [3.8, 4) is 0 Å². The number of rotatable bonds is 10. The van der Waals surface area contributed by atoms with Gasteiger partial charge in [-0.05, 0) is 62.4 Å². The van der Waals surface area contributed by atoms with E-state index in [1.54, 1.807) is 0 Å². The van der Waals surface area contributed by atoms with E-state index in [0.29, 0.717) is 13.0 Å². The van der Waals surface area contributed by atoms with E-state index in [2.05, 4.69) is 41.4 Å². The fourth-order valence-corrected chi connectivity index (χ4v) is 3.39. The number of piperidine rings is 1. The van der Waals surface area contributed by atoms with Gasteiger partial charge in [0.15, 0.2) is 0 Å². The Morgan fingerprint density at radius 3 is 2.64 bits per heavy atom. The molecule has 0 saturated carbocycles. The van der Waals surface area contributed by atoms with Crippen molar-refractivity contribution in [1.29, 1.82) is 0 Å². The van der Waals surface area contributed by atoms with Gasteiger partial charge in [-0.25, -0.2) is 0 Å². The van der Waals surface area contributed by atoms with Crippen molar-refractivity contribution < 1.29 is 4.79 Å². The van der Waals surface area contributed by atoms with Gasteiger partial charge in [0.25, 0.3) is 0 Å². The molecule has 25 heavy (non-hydrogen) atoms. The normalized spacial score (nSPS) is 16.1. The molecule has 1 aliphatic heterocycles. The highest BCUT2D eigenvalue weighted by Crippen LogP contribution is 2.18. The van der Waals surface area contributed by atoms with Crippen LogP contribution < -0.4 is 11.1 Å². The Labute approximate surface area is 153 Å². The Hall–Kier alpha value is -1.39. The largest absolute Gasteiger partial charge is 0.352 e. The highest BCUT2D eigenvalue weighted by molar-refractivity contribution is 5.75. The summed E-state index contributed by atoms with van der Waals surface area (Å²) < 4.78 is 0. The van der Waals surface area contributed by atoms with Crippen LogP contribution in [0.25, 0.3) is 0 Å². The summed E-state index contributed by atoms with van der Waals surface area (Å²) in [6, 6.07) is 8.64. The molecule has 1 amide bonds. The van der Waals surface area contributed by atoms with Crippen molar-refractivity contribution in [1.82, 2.24) is 10.2 Å². The predicted molar refractivity (Wildman–Crippen MR) is 104 cm³/mol. The monoisotopic (exact) mass is 345 g/mol. The van der Waals surface area contributed by atoms with Crippen molar-refractivity contribution in [2.75, 3.05) is 19.6 Å². The standard InChI is InChI=1S/C21H35N3O/c1-18-10-13-24(14-11-18)17-20-8-6-7-19(15-20)16-23-21(25)9-4-2-3-5-12-22/h6-8,15,18H,2-5,9-14,16-17,22H2,1H3,(H,23,25). The third-order valence-electron chi connectivity index (χ3n) is 5.12. The second-order valence-corrected chi connectivity index (χ2v) is 7.51. The second kappa shape index (κ2) is 11.3. The first-order chi connectivity index (χ1) is 12.2. The van der Waals surface area contributed by atoms with Gasteiger partial charge in [-0.15, -0.1) is 0 Å². The minimum Gasteiger partial charge on any atom is -0.352 e. The molecule has 2 rings (SSSR count). The van der Waals surface area contributed by atoms with Crippen LogP contribution in [-0.4, -0.2) is 30.4 Å². The number of nitrogens with two attached hydrogens (primary N) is 1. The van der Waals surface area contributed by atoms with Crippen molar-refractivity contribution in [2.24, 2.45) is 11.7 Å². The van der Waals surface area contributed by atoms with Gasteiger partial charge in [-0.1, -0.05) is 44.0 Å². The number of nitrogens with one attached hydrogen (secondary N) is 1. The summed E-state index contributed by atoms with van der Waals surface area (Å²) in [7, 11) is 0. The summed E-state index contributed by atoms with van der Waals surface area (Å²) in [5.74, 6) is 1.02. The van der Waals surface area contributed by atoms with Crippen LogP contribution >= 0.6 is 0 Å². The molecular formula is C21H35N3O. The summed E-state index contributed by atoms with van der Waals surface area (Å²) in [6.07, 6.45) is 7.47. The number of carbonyl (C=O) groups excluding carboxylic acids is 1. The van der Waals surface area contributed by atoms with Gasteiger partial charge in [-0.2, -0.15) is 0 Å². The Morgan fingerprint density at radius 1 is 1.16 bits per heavy atom. The van der Waals surface area contributed by atoms with Crippen LogP contribution in [0, 0.1) is 5.92 Å². The molecule has 1 heterocycles. The Morgan fingerprint density at radius 2 is 1.88 bits per heavy atom. The zero-order chi connectivity index (χ0) is 17.9. The number of hydrogen-bond donors (Lipinski definition) is 2. The lowest BCUT2D eigenvalue weighted by molar-refractivity contribution is -0.121. The van der Waals surface area contributed by atoms with Gasteiger partial charge in [0.05, 0.1) is 0 Å². The number of carbonyl (C=O) groups is 1. The molecule has 0 atom stereocenters. The Bertz CT molecular complexity index is 510. The fourth-order valence-electron chi connectivity index (χ4n) is 3.39. The number of benzene rings is 1. The molecule has 4 nitrogen and oxygen atoms in total. The highest BCUT2D eigenvalue weighted by Gasteiger charge is 2.15. The molecule has 0 aromatic heterocycles. The van der Waals surface area contributed by atoms with Crippen molar-refractivity contribution in [3.63, 3.8) is 0 Å². The molecule has 0 aliphatic carbocycles. The maximum atomic E-state index is 11.9. The average molecular weight is 346 g/mol. The first-order valence-electron chi connectivity index (χ1n) is 9.94. The fraction of sp³-hybridized carbons (Fsp3) is 0.667. The third-order valence-corrected chi connectivity index (χ3v) is 5.12. The molecule has 4 heteroatoms. The lowest BCUT2D eigenvalue weighted by atomic mass is 9.98. The number of hydrogen-bond acceptors (Lipinski definition) is 3. The van der Waals surface area contributed by atoms with Crippen LogP contribution in [-0.2, 0) is 17.9 Å². The SMILES string of the molecule is CC1CCN(Cc2cccc(CNC(=O)CCCCCCN)c2)CC1. The maximum Gasteiger partial charge on any atom is 0.220 e. The van der Waals surface area contributed by atoms with Crippen LogP contribution in [0.15, 0.2) is 24.3 Å². The molecule has 1 aliphatic rings. The van der Waals surface area contributed by atoms with Crippen LogP contribution in [0.3, 0.4) is 0 Å². The van der Waals surface area contributed by atoms with E-state index in [4.69, 9.17) is 5.73 Å². The summed E-state index contributed by atoms with van der Waals surface area (Å²) in [5.41, 5.74) is 8.02. The van der Waals surface area contributed by atoms with Crippen molar-refractivity contribution in [3.05, 3.63) is 35.4 Å². The lowest BCUT2D eigenvalue weighted by Gasteiger charge is -2.30. The molecular weight excluding hydrogens is 310 g/mol. The minimum atomic E-state index is 0.156. The van der Waals surface area contributed by atoms with Gasteiger partial charge in [0.2, 0.25) is 5.91 Å². The molecule has 1 aromatic carbocycles. The summed E-state index contributed by atoms with van der Waals surface area (Å²) >= 11 is 0. The summed E-state index contributed by atoms with van der Waals surface area (Å²) in [4.78, 5) is 14.5. The van der Waals surface area contributed by atoms with Gasteiger partial charge >= 0.3 is 0 Å². The molecule has 1 fully saturated rings. The highest BCUT2D eigenvalue weighted by atomic mass is 16.1. The third kappa shape index (κ3) is 8.02. The van der Waals surface area contributed by atoms with Crippen molar-refractivity contribution in [2.45, 2.75) is 65.0 Å². The predicted octanol–water partition coefficient (Wildman–Crippen LogP) is 3.44. The zero-order valence-electron chi connectivity index (χ0n) is 15.8. The van der Waals surface area contributed by atoms with E-state index in [0.717, 1.165) is 44.7 Å². The number of amides is 1. The summed E-state index contributed by atoms with van der Waals surface area (Å²) in [5, 5.41) is 3.05. The van der Waals surface area contributed by atoms with Crippen LogP contribution in [0.1, 0.15) is 63.0 Å². The minimum absolute atomic E-state index is 0.156. The summed E-state index contributed by atoms with van der Waals surface area (Å²) in [6.45, 7) is 7.15. The van der Waals surface area contributed by atoms with Gasteiger partial charge in [0.1, 0.15) is 0 Å². The van der Waals surface area contributed by atoms with E-state index in [-0.39, 0.29) is 5.91 Å². The number of unbranched alkanes of at least 4 members (excludes halogenated alkanes) is 3. The van der Waals surface area contributed by atoms with Gasteiger partial charge < -0.3 is 11.1 Å². The molecule has 0 spiro atoms. The molecule has 3 N–H and O–H groups in total. The van der Waals surface area contributed by atoms with Crippen LogP contribution in [0.2, 0.25) is 0 Å². The average Bonchev–Trinajstić information content (AvgIpc) is 2.62. The molecule has 1 saturated heterocycles. The van der Waals surface area contributed by atoms with E-state index in [1.165, 1.54) is 37.1 Å². The maximum absolute atomic E-state index is 11.9. The van der Waals surface area contributed by atoms with Crippen molar-refractivity contribution >= 4 is 5.91 Å². The molecule has 1 aromatic rings. The van der Waals surface area contributed by atoms with E-state index in [9.17, 15) is 4.79 Å². The number of likely N-dealkylation sites (tertiary alicyclic amines) is 1. The lowest BCUT2D eigenvalue weighted by Crippen LogP contribution is -2.32. The Balaban J connectivity index is 1.69. The molecule has 0 unspecified atom stereocenters. The van der Waals surface area contributed by atoms with Gasteiger partial charge in [-0.3, -0.25) is 9.69 Å². The molecule has 140 valence electrons.